The summed E-state index contributed by atoms with van der Waals surface area (Å²) < 4.78 is 0. The monoisotopic (exact) mass is 280 g/mol. The van der Waals surface area contributed by atoms with E-state index in [9.17, 15) is 4.79 Å². The lowest BCUT2D eigenvalue weighted by Gasteiger charge is -1.99. The number of hydrogen-bond donors (Lipinski definition) is 1. The SMILES string of the molecule is CCCCCC=CCCCCCCCC/C=C\C(=O)O. The normalized spacial score (nSPS) is 11.7. The largest absolute Gasteiger partial charge is 0.478 e. The van der Waals surface area contributed by atoms with Crippen LogP contribution in [-0.4, -0.2) is 11.1 Å². The number of carboxylic acid groups (broad SMARTS) is 1. The van der Waals surface area contributed by atoms with Crippen LogP contribution in [0.15, 0.2) is 24.3 Å². The van der Waals surface area contributed by atoms with Crippen LogP contribution in [0.25, 0.3) is 0 Å². The van der Waals surface area contributed by atoms with Gasteiger partial charge in [-0.25, -0.2) is 4.79 Å². The Balaban J connectivity index is 3.11. The Morgan fingerprint density at radius 2 is 1.20 bits per heavy atom. The summed E-state index contributed by atoms with van der Waals surface area (Å²) >= 11 is 0. The van der Waals surface area contributed by atoms with Crippen LogP contribution in [0.4, 0.5) is 0 Å². The van der Waals surface area contributed by atoms with E-state index in [2.05, 4.69) is 19.1 Å². The molecule has 0 aromatic rings. The maximum absolute atomic E-state index is 10.2. The molecule has 0 aromatic carbocycles. The summed E-state index contributed by atoms with van der Waals surface area (Å²) in [5.41, 5.74) is 0. The third-order valence-electron chi connectivity index (χ3n) is 3.39. The highest BCUT2D eigenvalue weighted by Crippen LogP contribution is 2.09. The van der Waals surface area contributed by atoms with Crippen molar-refractivity contribution in [2.75, 3.05) is 0 Å². The third-order valence-corrected chi connectivity index (χ3v) is 3.39. The van der Waals surface area contributed by atoms with E-state index in [1.54, 1.807) is 6.08 Å². The molecule has 0 radical (unpaired) electrons. The summed E-state index contributed by atoms with van der Waals surface area (Å²) in [4.78, 5) is 10.2. The van der Waals surface area contributed by atoms with Gasteiger partial charge in [0.05, 0.1) is 0 Å². The van der Waals surface area contributed by atoms with Crippen molar-refractivity contribution in [3.63, 3.8) is 0 Å². The summed E-state index contributed by atoms with van der Waals surface area (Å²) in [6, 6.07) is 0. The molecule has 0 amide bonds. The molecule has 0 aromatic heterocycles. The van der Waals surface area contributed by atoms with Gasteiger partial charge in [-0.1, -0.05) is 63.7 Å². The lowest BCUT2D eigenvalue weighted by Crippen LogP contribution is -1.85. The van der Waals surface area contributed by atoms with E-state index >= 15 is 0 Å². The van der Waals surface area contributed by atoms with Crippen LogP contribution in [0.5, 0.6) is 0 Å². The van der Waals surface area contributed by atoms with Gasteiger partial charge in [-0.05, 0) is 38.5 Å². The second kappa shape index (κ2) is 16.0. The average Bonchev–Trinajstić information content (AvgIpc) is 2.43. The van der Waals surface area contributed by atoms with Gasteiger partial charge in [0, 0.05) is 6.08 Å². The smallest absolute Gasteiger partial charge is 0.327 e. The van der Waals surface area contributed by atoms with Crippen molar-refractivity contribution < 1.29 is 9.90 Å². The van der Waals surface area contributed by atoms with Crippen molar-refractivity contribution >= 4 is 5.97 Å². The molecule has 20 heavy (non-hydrogen) atoms. The molecule has 0 aliphatic carbocycles. The summed E-state index contributed by atoms with van der Waals surface area (Å²) in [6.45, 7) is 2.24. The molecule has 0 aliphatic heterocycles. The minimum absolute atomic E-state index is 0.840. The highest BCUT2D eigenvalue weighted by Gasteiger charge is 1.91. The molecule has 0 saturated carbocycles. The fraction of sp³-hybridized carbons (Fsp3) is 0.722. The number of carbonyl (C=O) groups is 1. The van der Waals surface area contributed by atoms with Gasteiger partial charge in [0.15, 0.2) is 0 Å². The molecule has 0 spiro atoms. The van der Waals surface area contributed by atoms with Gasteiger partial charge < -0.3 is 5.11 Å². The Bertz CT molecular complexity index is 267. The maximum atomic E-state index is 10.2. The fourth-order valence-electron chi connectivity index (χ4n) is 2.16. The first-order chi connectivity index (χ1) is 9.77. The van der Waals surface area contributed by atoms with Gasteiger partial charge in [-0.3, -0.25) is 0 Å². The summed E-state index contributed by atoms with van der Waals surface area (Å²) in [5.74, 6) is -0.840. The van der Waals surface area contributed by atoms with Crippen molar-refractivity contribution in [1.82, 2.24) is 0 Å². The van der Waals surface area contributed by atoms with Gasteiger partial charge in [-0.2, -0.15) is 0 Å². The predicted molar refractivity (Wildman–Crippen MR) is 87.0 cm³/mol. The molecule has 2 heteroatoms. The molecule has 0 fully saturated rings. The Hall–Kier alpha value is -1.05. The van der Waals surface area contributed by atoms with E-state index in [1.165, 1.54) is 70.3 Å². The van der Waals surface area contributed by atoms with E-state index in [-0.39, 0.29) is 0 Å². The Morgan fingerprint density at radius 3 is 1.70 bits per heavy atom. The van der Waals surface area contributed by atoms with Crippen LogP contribution >= 0.6 is 0 Å². The molecule has 0 rings (SSSR count). The van der Waals surface area contributed by atoms with Gasteiger partial charge in [-0.15, -0.1) is 0 Å². The number of carboxylic acids is 1. The topological polar surface area (TPSA) is 37.3 Å². The number of hydrogen-bond acceptors (Lipinski definition) is 1. The Kier molecular flexibility index (Phi) is 15.2. The molecule has 0 aliphatic rings. The zero-order chi connectivity index (χ0) is 14.9. The van der Waals surface area contributed by atoms with E-state index in [4.69, 9.17) is 5.11 Å². The second-order valence-electron chi connectivity index (χ2n) is 5.41. The van der Waals surface area contributed by atoms with Gasteiger partial charge >= 0.3 is 5.97 Å². The third kappa shape index (κ3) is 16.9. The van der Waals surface area contributed by atoms with Gasteiger partial charge in [0.1, 0.15) is 0 Å². The lowest BCUT2D eigenvalue weighted by molar-refractivity contribution is -0.131. The first kappa shape index (κ1) is 18.9. The van der Waals surface area contributed by atoms with Crippen molar-refractivity contribution in [2.24, 2.45) is 0 Å². The maximum Gasteiger partial charge on any atom is 0.327 e. The van der Waals surface area contributed by atoms with Gasteiger partial charge in [0.2, 0.25) is 0 Å². The molecule has 0 heterocycles. The van der Waals surface area contributed by atoms with E-state index in [0.717, 1.165) is 12.8 Å². The number of aliphatic carboxylic acids is 1. The first-order valence-corrected chi connectivity index (χ1v) is 8.31. The number of allylic oxidation sites excluding steroid dienone is 3. The zero-order valence-electron chi connectivity index (χ0n) is 13.2. The van der Waals surface area contributed by atoms with Crippen molar-refractivity contribution in [3.8, 4) is 0 Å². The predicted octanol–water partition coefficient (Wildman–Crippen LogP) is 5.88. The molecule has 0 bridgehead atoms. The molecule has 2 nitrogen and oxygen atoms in total. The summed E-state index contributed by atoms with van der Waals surface area (Å²) in [5, 5.41) is 8.43. The van der Waals surface area contributed by atoms with Crippen molar-refractivity contribution in [3.05, 3.63) is 24.3 Å². The molecule has 0 atom stereocenters. The molecule has 0 saturated heterocycles. The standard InChI is InChI=1S/C18H32O2/c1-2-3-4-5-6-7-8-9-10-11-12-13-14-15-16-17-18(19)20/h6-7,16-17H,2-5,8-15H2,1H3,(H,19,20)/b7-6?,17-16-. The van der Waals surface area contributed by atoms with Crippen LogP contribution in [-0.2, 0) is 4.79 Å². The molecule has 116 valence electrons. The van der Waals surface area contributed by atoms with Crippen LogP contribution in [0.2, 0.25) is 0 Å². The quantitative estimate of drug-likeness (QED) is 0.245. The highest BCUT2D eigenvalue weighted by molar-refractivity contribution is 5.79. The summed E-state index contributed by atoms with van der Waals surface area (Å²) in [6.07, 6.45) is 22.6. The minimum Gasteiger partial charge on any atom is -0.478 e. The second-order valence-corrected chi connectivity index (χ2v) is 5.41. The molecular weight excluding hydrogens is 248 g/mol. The van der Waals surface area contributed by atoms with Crippen molar-refractivity contribution in [1.29, 1.82) is 0 Å². The van der Waals surface area contributed by atoms with Crippen molar-refractivity contribution in [2.45, 2.75) is 84.0 Å². The van der Waals surface area contributed by atoms with Crippen LogP contribution in [0, 0.1) is 0 Å². The molecule has 1 N–H and O–H groups in total. The highest BCUT2D eigenvalue weighted by atomic mass is 16.4. The number of unbranched alkanes of at least 4 members (excludes halogenated alkanes) is 10. The zero-order valence-corrected chi connectivity index (χ0v) is 13.2. The Morgan fingerprint density at radius 1 is 0.750 bits per heavy atom. The fourth-order valence-corrected chi connectivity index (χ4v) is 2.16. The average molecular weight is 280 g/mol. The van der Waals surface area contributed by atoms with Crippen LogP contribution in [0.1, 0.15) is 84.0 Å². The minimum atomic E-state index is -0.840. The van der Waals surface area contributed by atoms with E-state index in [0.29, 0.717) is 0 Å². The van der Waals surface area contributed by atoms with Crippen LogP contribution in [0.3, 0.4) is 0 Å². The Labute approximate surface area is 125 Å². The molecule has 0 unspecified atom stereocenters. The lowest BCUT2D eigenvalue weighted by atomic mass is 10.1. The molecular formula is C18H32O2. The first-order valence-electron chi connectivity index (χ1n) is 8.31. The van der Waals surface area contributed by atoms with E-state index in [1.807, 2.05) is 0 Å². The summed E-state index contributed by atoms with van der Waals surface area (Å²) in [7, 11) is 0. The van der Waals surface area contributed by atoms with Gasteiger partial charge in [0.25, 0.3) is 0 Å². The van der Waals surface area contributed by atoms with E-state index < -0.39 is 5.97 Å². The number of rotatable bonds is 14. The van der Waals surface area contributed by atoms with Crippen LogP contribution < -0.4 is 0 Å².